The first-order valence-electron chi connectivity index (χ1n) is 13.4. The van der Waals surface area contributed by atoms with E-state index in [-0.39, 0.29) is 0 Å². The van der Waals surface area contributed by atoms with Gasteiger partial charge in [-0.2, -0.15) is 0 Å². The summed E-state index contributed by atoms with van der Waals surface area (Å²) in [7, 11) is -1.98. The van der Waals surface area contributed by atoms with Gasteiger partial charge in [-0.05, 0) is 45.1 Å². The van der Waals surface area contributed by atoms with Gasteiger partial charge in [0, 0.05) is 22.0 Å². The summed E-state index contributed by atoms with van der Waals surface area (Å²) in [5.74, 6) is 0.794. The molecule has 5 aromatic carbocycles. The first-order valence-corrected chi connectivity index (χ1v) is 16.4. The van der Waals surface area contributed by atoms with Crippen molar-refractivity contribution >= 4 is 18.6 Å². The molecule has 0 unspecified atom stereocenters. The molecule has 0 amide bonds. The quantitative estimate of drug-likeness (QED) is 0.222. The molecule has 7 rings (SSSR count). The Morgan fingerprint density at radius 1 is 0.462 bits per heavy atom. The highest BCUT2D eigenvalue weighted by Gasteiger charge is 2.41. The lowest BCUT2D eigenvalue weighted by Gasteiger charge is -2.19. The highest BCUT2D eigenvalue weighted by atomic mass is 28.3. The Bertz CT molecular complexity index is 1830. The summed E-state index contributed by atoms with van der Waals surface area (Å²) in [6.07, 6.45) is 0. The minimum Gasteiger partial charge on any atom is -0.237 e. The van der Waals surface area contributed by atoms with Crippen LogP contribution < -0.4 is 10.5 Å². The van der Waals surface area contributed by atoms with Gasteiger partial charge in [0.05, 0.1) is 5.69 Å². The second kappa shape index (κ2) is 9.30. The molecule has 1 aromatic heterocycles. The largest absolute Gasteiger partial charge is 0.237 e. The van der Waals surface area contributed by atoms with E-state index >= 15 is 0 Å². The van der Waals surface area contributed by atoms with Crippen molar-refractivity contribution in [2.75, 3.05) is 0 Å². The smallest absolute Gasteiger partial charge is 0.159 e. The fraction of sp³-hybridized carbons (Fsp3) is 0.0556. The van der Waals surface area contributed by atoms with E-state index in [2.05, 4.69) is 147 Å². The molecule has 6 aromatic rings. The van der Waals surface area contributed by atoms with Crippen molar-refractivity contribution in [3.8, 4) is 56.0 Å². The monoisotopic (exact) mass is 516 g/mol. The molecule has 39 heavy (non-hydrogen) atoms. The van der Waals surface area contributed by atoms with Crippen LogP contribution in [0.5, 0.6) is 0 Å². The second-order valence-electron chi connectivity index (χ2n) is 10.7. The topological polar surface area (TPSA) is 25.8 Å². The number of hydrogen-bond acceptors (Lipinski definition) is 2. The number of nitrogens with zero attached hydrogens (tertiary/aromatic N) is 2. The third kappa shape index (κ3) is 4.03. The molecule has 0 bridgehead atoms. The van der Waals surface area contributed by atoms with Gasteiger partial charge in [-0.3, -0.25) is 0 Å². The van der Waals surface area contributed by atoms with Crippen molar-refractivity contribution in [3.63, 3.8) is 0 Å². The van der Waals surface area contributed by atoms with Gasteiger partial charge in [0.1, 0.15) is 8.07 Å². The third-order valence-corrected chi connectivity index (χ3v) is 11.2. The molecule has 0 aliphatic carbocycles. The van der Waals surface area contributed by atoms with Crippen molar-refractivity contribution < 1.29 is 0 Å². The van der Waals surface area contributed by atoms with E-state index < -0.39 is 8.07 Å². The Balaban J connectivity index is 1.39. The zero-order valence-electron chi connectivity index (χ0n) is 22.1. The van der Waals surface area contributed by atoms with E-state index in [1.165, 1.54) is 38.3 Å². The van der Waals surface area contributed by atoms with Crippen molar-refractivity contribution in [2.24, 2.45) is 0 Å². The Kier molecular flexibility index (Phi) is 5.61. The maximum Gasteiger partial charge on any atom is 0.159 e. The van der Waals surface area contributed by atoms with E-state index in [1.807, 2.05) is 0 Å². The summed E-state index contributed by atoms with van der Waals surface area (Å²) in [6.45, 7) is 4.82. The third-order valence-electron chi connectivity index (χ3n) is 7.84. The van der Waals surface area contributed by atoms with Crippen LogP contribution in [0.15, 0.2) is 133 Å². The number of hydrogen-bond donors (Lipinski definition) is 0. The van der Waals surface area contributed by atoms with Crippen LogP contribution in [0.2, 0.25) is 13.1 Å². The number of fused-ring (bicyclic) bond motifs is 3. The molecular formula is C36H28N2Si. The summed E-state index contributed by atoms with van der Waals surface area (Å²) in [4.78, 5) is 10.6. The minimum absolute atomic E-state index is 0.794. The molecule has 186 valence electrons. The molecule has 2 heterocycles. The molecule has 0 fully saturated rings. The molecule has 1 aliphatic heterocycles. The Morgan fingerprint density at radius 3 is 1.67 bits per heavy atom. The van der Waals surface area contributed by atoms with Gasteiger partial charge in [0.2, 0.25) is 0 Å². The zero-order valence-corrected chi connectivity index (χ0v) is 23.1. The molecule has 0 N–H and O–H groups in total. The standard InChI is InChI=1S/C36H28N2Si/c1-39(2)32-22-10-9-21-31(32)33-34(26-15-7-4-8-16-26)37-35(38-36(33)39)30-20-12-19-29(24-30)28-18-11-17-27(23-28)25-13-5-3-6-14-25/h3-24H,1-2H3. The fourth-order valence-corrected chi connectivity index (χ4v) is 8.74. The summed E-state index contributed by atoms with van der Waals surface area (Å²) in [6, 6.07) is 47.3. The molecule has 2 nitrogen and oxygen atoms in total. The van der Waals surface area contributed by atoms with E-state index in [1.54, 1.807) is 0 Å². The second-order valence-corrected chi connectivity index (χ2v) is 14.9. The Morgan fingerprint density at radius 2 is 0.974 bits per heavy atom. The van der Waals surface area contributed by atoms with E-state index in [0.717, 1.165) is 28.2 Å². The van der Waals surface area contributed by atoms with Crippen molar-refractivity contribution in [3.05, 3.63) is 133 Å². The predicted octanol–water partition coefficient (Wildman–Crippen LogP) is 7.95. The SMILES string of the molecule is C[Si]1(C)c2ccccc2-c2c(-c3ccccc3)nc(-c3cccc(-c4cccc(-c5ccccc5)c4)c3)nc21. The molecule has 1 aliphatic rings. The van der Waals surface area contributed by atoms with Crippen LogP contribution in [0.25, 0.3) is 56.0 Å². The van der Waals surface area contributed by atoms with Crippen LogP contribution in [-0.2, 0) is 0 Å². The minimum atomic E-state index is -1.98. The normalized spacial score (nSPS) is 13.1. The van der Waals surface area contributed by atoms with Crippen molar-refractivity contribution in [2.45, 2.75) is 13.1 Å². The highest BCUT2D eigenvalue weighted by Crippen LogP contribution is 2.36. The Labute approximate surface area is 230 Å². The van der Waals surface area contributed by atoms with E-state index in [9.17, 15) is 0 Å². The molecule has 0 atom stereocenters. The van der Waals surface area contributed by atoms with Gasteiger partial charge in [-0.25, -0.2) is 9.97 Å². The first-order chi connectivity index (χ1) is 19.1. The van der Waals surface area contributed by atoms with Gasteiger partial charge < -0.3 is 0 Å². The van der Waals surface area contributed by atoms with Crippen LogP contribution in [0.1, 0.15) is 0 Å². The molecule has 3 heteroatoms. The summed E-state index contributed by atoms with van der Waals surface area (Å²) in [5, 5.41) is 2.67. The fourth-order valence-electron chi connectivity index (χ4n) is 5.82. The highest BCUT2D eigenvalue weighted by molar-refractivity contribution is 7.03. The molecule has 0 radical (unpaired) electrons. The van der Waals surface area contributed by atoms with E-state index in [0.29, 0.717) is 0 Å². The molecule has 0 spiro atoms. The summed E-state index contributed by atoms with van der Waals surface area (Å²) < 4.78 is 0. The van der Waals surface area contributed by atoms with Gasteiger partial charge in [-0.1, -0.05) is 134 Å². The van der Waals surface area contributed by atoms with Gasteiger partial charge >= 0.3 is 0 Å². The summed E-state index contributed by atoms with van der Waals surface area (Å²) >= 11 is 0. The summed E-state index contributed by atoms with van der Waals surface area (Å²) in [5.41, 5.74) is 10.5. The number of aromatic nitrogens is 2. The maximum absolute atomic E-state index is 5.33. The lowest BCUT2D eigenvalue weighted by molar-refractivity contribution is 1.21. The lowest BCUT2D eigenvalue weighted by Crippen LogP contribution is -2.50. The van der Waals surface area contributed by atoms with Crippen molar-refractivity contribution in [1.29, 1.82) is 0 Å². The zero-order chi connectivity index (χ0) is 26.4. The molecule has 0 saturated heterocycles. The van der Waals surface area contributed by atoms with Crippen LogP contribution >= 0.6 is 0 Å². The van der Waals surface area contributed by atoms with Gasteiger partial charge in [-0.15, -0.1) is 0 Å². The van der Waals surface area contributed by atoms with Crippen LogP contribution in [0.4, 0.5) is 0 Å². The first kappa shape index (κ1) is 23.5. The van der Waals surface area contributed by atoms with Gasteiger partial charge in [0.25, 0.3) is 0 Å². The average Bonchev–Trinajstić information content (AvgIpc) is 3.24. The van der Waals surface area contributed by atoms with Crippen LogP contribution in [-0.4, -0.2) is 18.0 Å². The van der Waals surface area contributed by atoms with E-state index in [4.69, 9.17) is 9.97 Å². The van der Waals surface area contributed by atoms with Gasteiger partial charge in [0.15, 0.2) is 5.82 Å². The molecular weight excluding hydrogens is 488 g/mol. The lowest BCUT2D eigenvalue weighted by atomic mass is 9.97. The number of rotatable bonds is 4. The predicted molar refractivity (Wildman–Crippen MR) is 166 cm³/mol. The number of benzene rings is 5. The molecule has 0 saturated carbocycles. The Hall–Kier alpha value is -4.60. The van der Waals surface area contributed by atoms with Crippen LogP contribution in [0, 0.1) is 0 Å². The van der Waals surface area contributed by atoms with Crippen molar-refractivity contribution in [1.82, 2.24) is 9.97 Å². The van der Waals surface area contributed by atoms with Crippen LogP contribution in [0.3, 0.4) is 0 Å². The maximum atomic E-state index is 5.33. The average molecular weight is 517 g/mol.